The minimum Gasteiger partial charge on any atom is -0.378 e. The summed E-state index contributed by atoms with van der Waals surface area (Å²) < 4.78 is 7.27. The highest BCUT2D eigenvalue weighted by atomic mass is 16.5. The number of hydrogen-bond donors (Lipinski definition) is 2. The van der Waals surface area contributed by atoms with Crippen LogP contribution in [0.1, 0.15) is 32.8 Å². The Balaban J connectivity index is 1.81. The Kier molecular flexibility index (Phi) is 3.77. The number of hydrogen-bond acceptors (Lipinski definition) is 3. The molecule has 2 rings (SSSR count). The predicted octanol–water partition coefficient (Wildman–Crippen LogP) is 1.42. The summed E-state index contributed by atoms with van der Waals surface area (Å²) in [5.74, 6) is 0. The number of nitrogens with one attached hydrogen (secondary N) is 2. The number of aryl methyl sites for hydroxylation is 1. The van der Waals surface area contributed by atoms with Crippen LogP contribution >= 0.6 is 0 Å². The van der Waals surface area contributed by atoms with Crippen molar-refractivity contribution in [3.05, 3.63) is 18.0 Å². The molecule has 1 aliphatic carbocycles. The highest BCUT2D eigenvalue weighted by Gasteiger charge is 2.58. The van der Waals surface area contributed by atoms with Gasteiger partial charge in [-0.05, 0) is 13.3 Å². The van der Waals surface area contributed by atoms with E-state index in [0.29, 0.717) is 6.54 Å². The fraction of sp³-hybridized carbons (Fsp3) is 0.714. The lowest BCUT2D eigenvalue weighted by Gasteiger charge is -2.59. The van der Waals surface area contributed by atoms with E-state index in [4.69, 9.17) is 4.74 Å². The molecular weight excluding hydrogens is 256 g/mol. The minimum atomic E-state index is -0.172. The lowest BCUT2D eigenvalue weighted by atomic mass is 9.56. The fourth-order valence-corrected chi connectivity index (χ4v) is 2.68. The van der Waals surface area contributed by atoms with Crippen molar-refractivity contribution in [3.8, 4) is 0 Å². The SMILES string of the molecule is CO[C@@]1(C)C[C@@H](NC(=O)NCc2cnn(C)c2)C1(C)C. The topological polar surface area (TPSA) is 68.2 Å². The maximum atomic E-state index is 11.9. The summed E-state index contributed by atoms with van der Waals surface area (Å²) in [6.07, 6.45) is 4.46. The van der Waals surface area contributed by atoms with Crippen molar-refractivity contribution in [2.45, 2.75) is 45.4 Å². The van der Waals surface area contributed by atoms with E-state index in [-0.39, 0.29) is 23.1 Å². The second-order valence-electron chi connectivity index (χ2n) is 6.26. The van der Waals surface area contributed by atoms with Gasteiger partial charge in [0.2, 0.25) is 0 Å². The van der Waals surface area contributed by atoms with Crippen LogP contribution in [0.2, 0.25) is 0 Å². The Labute approximate surface area is 119 Å². The number of amides is 2. The van der Waals surface area contributed by atoms with E-state index in [9.17, 15) is 4.79 Å². The van der Waals surface area contributed by atoms with Gasteiger partial charge in [-0.25, -0.2) is 4.79 Å². The number of carbonyl (C=O) groups is 1. The van der Waals surface area contributed by atoms with E-state index in [2.05, 4.69) is 36.5 Å². The molecule has 0 bridgehead atoms. The van der Waals surface area contributed by atoms with Gasteiger partial charge in [0.1, 0.15) is 0 Å². The average Bonchev–Trinajstić information content (AvgIpc) is 2.81. The molecular formula is C14H24N4O2. The molecule has 1 aromatic rings. The van der Waals surface area contributed by atoms with Gasteiger partial charge in [-0.1, -0.05) is 13.8 Å². The largest absolute Gasteiger partial charge is 0.378 e. The molecule has 1 aromatic heterocycles. The summed E-state index contributed by atoms with van der Waals surface area (Å²) in [6.45, 7) is 6.80. The molecule has 1 aliphatic rings. The van der Waals surface area contributed by atoms with Gasteiger partial charge in [0.25, 0.3) is 0 Å². The zero-order chi connectivity index (χ0) is 15.0. The van der Waals surface area contributed by atoms with Crippen LogP contribution in [-0.4, -0.2) is 34.6 Å². The van der Waals surface area contributed by atoms with E-state index in [1.54, 1.807) is 18.0 Å². The third kappa shape index (κ3) is 2.52. The summed E-state index contributed by atoms with van der Waals surface area (Å²) in [6, 6.07) is -0.0218. The maximum absolute atomic E-state index is 11.9. The highest BCUT2D eigenvalue weighted by Crippen LogP contribution is 2.51. The highest BCUT2D eigenvalue weighted by molar-refractivity contribution is 5.74. The first-order valence-electron chi connectivity index (χ1n) is 6.85. The number of rotatable bonds is 4. The van der Waals surface area contributed by atoms with Crippen LogP contribution < -0.4 is 10.6 Å². The van der Waals surface area contributed by atoms with Crippen molar-refractivity contribution in [1.29, 1.82) is 0 Å². The van der Waals surface area contributed by atoms with E-state index < -0.39 is 0 Å². The van der Waals surface area contributed by atoms with E-state index in [1.165, 1.54) is 0 Å². The van der Waals surface area contributed by atoms with E-state index in [0.717, 1.165) is 12.0 Å². The van der Waals surface area contributed by atoms with Crippen molar-refractivity contribution < 1.29 is 9.53 Å². The number of carbonyl (C=O) groups excluding carboxylic acids is 1. The molecule has 1 saturated carbocycles. The average molecular weight is 280 g/mol. The quantitative estimate of drug-likeness (QED) is 0.876. The first-order chi connectivity index (χ1) is 9.28. The third-order valence-corrected chi connectivity index (χ3v) is 4.80. The van der Waals surface area contributed by atoms with Crippen molar-refractivity contribution in [1.82, 2.24) is 20.4 Å². The molecule has 0 aliphatic heterocycles. The number of urea groups is 1. The number of ether oxygens (including phenoxy) is 1. The zero-order valence-electron chi connectivity index (χ0n) is 12.9. The molecule has 1 heterocycles. The fourth-order valence-electron chi connectivity index (χ4n) is 2.68. The smallest absolute Gasteiger partial charge is 0.315 e. The molecule has 0 aromatic carbocycles. The summed E-state index contributed by atoms with van der Waals surface area (Å²) in [5, 5.41) is 9.93. The first-order valence-corrected chi connectivity index (χ1v) is 6.85. The van der Waals surface area contributed by atoms with Crippen LogP contribution in [0.25, 0.3) is 0 Å². The van der Waals surface area contributed by atoms with Crippen LogP contribution in [-0.2, 0) is 18.3 Å². The Morgan fingerprint density at radius 1 is 1.55 bits per heavy atom. The maximum Gasteiger partial charge on any atom is 0.315 e. The van der Waals surface area contributed by atoms with Crippen LogP contribution in [0.5, 0.6) is 0 Å². The van der Waals surface area contributed by atoms with Gasteiger partial charge < -0.3 is 15.4 Å². The molecule has 2 atom stereocenters. The molecule has 112 valence electrons. The third-order valence-electron chi connectivity index (χ3n) is 4.80. The molecule has 20 heavy (non-hydrogen) atoms. The summed E-state index contributed by atoms with van der Waals surface area (Å²) in [7, 11) is 3.58. The Morgan fingerprint density at radius 3 is 2.75 bits per heavy atom. The van der Waals surface area contributed by atoms with Crippen molar-refractivity contribution in [2.24, 2.45) is 12.5 Å². The second kappa shape index (κ2) is 5.09. The second-order valence-corrected chi connectivity index (χ2v) is 6.26. The Morgan fingerprint density at radius 2 is 2.25 bits per heavy atom. The molecule has 2 N–H and O–H groups in total. The summed E-state index contributed by atoms with van der Waals surface area (Å²) in [5.41, 5.74) is 0.735. The van der Waals surface area contributed by atoms with Crippen LogP contribution in [0.4, 0.5) is 4.79 Å². The van der Waals surface area contributed by atoms with E-state index >= 15 is 0 Å². The molecule has 0 saturated heterocycles. The normalized spacial score (nSPS) is 27.8. The van der Waals surface area contributed by atoms with Gasteiger partial charge in [-0.3, -0.25) is 4.68 Å². The van der Waals surface area contributed by atoms with Crippen molar-refractivity contribution >= 4 is 6.03 Å². The monoisotopic (exact) mass is 280 g/mol. The van der Waals surface area contributed by atoms with Crippen LogP contribution in [0.3, 0.4) is 0 Å². The molecule has 1 fully saturated rings. The van der Waals surface area contributed by atoms with Gasteiger partial charge in [-0.15, -0.1) is 0 Å². The van der Waals surface area contributed by atoms with Crippen LogP contribution in [0.15, 0.2) is 12.4 Å². The molecule has 6 nitrogen and oxygen atoms in total. The number of nitrogens with zero attached hydrogens (tertiary/aromatic N) is 2. The lowest BCUT2D eigenvalue weighted by Crippen LogP contribution is -2.69. The van der Waals surface area contributed by atoms with Crippen LogP contribution in [0, 0.1) is 5.41 Å². The van der Waals surface area contributed by atoms with Crippen molar-refractivity contribution in [2.75, 3.05) is 7.11 Å². The summed E-state index contributed by atoms with van der Waals surface area (Å²) in [4.78, 5) is 11.9. The van der Waals surface area contributed by atoms with Gasteiger partial charge >= 0.3 is 6.03 Å². The summed E-state index contributed by atoms with van der Waals surface area (Å²) >= 11 is 0. The molecule has 2 amide bonds. The van der Waals surface area contributed by atoms with Gasteiger partial charge in [0.15, 0.2) is 0 Å². The molecule has 0 unspecified atom stereocenters. The molecule has 6 heteroatoms. The molecule has 0 spiro atoms. The first kappa shape index (κ1) is 14.8. The van der Waals surface area contributed by atoms with Gasteiger partial charge in [-0.2, -0.15) is 5.10 Å². The zero-order valence-corrected chi connectivity index (χ0v) is 12.9. The van der Waals surface area contributed by atoms with Gasteiger partial charge in [0.05, 0.1) is 11.8 Å². The lowest BCUT2D eigenvalue weighted by molar-refractivity contribution is -0.177. The minimum absolute atomic E-state index is 0.0760. The molecule has 0 radical (unpaired) electrons. The predicted molar refractivity (Wildman–Crippen MR) is 76.2 cm³/mol. The van der Waals surface area contributed by atoms with Gasteiger partial charge in [0, 0.05) is 43.9 Å². The van der Waals surface area contributed by atoms with Crippen molar-refractivity contribution in [3.63, 3.8) is 0 Å². The Bertz CT molecular complexity index is 497. The van der Waals surface area contributed by atoms with E-state index in [1.807, 2.05) is 13.2 Å². The number of aromatic nitrogens is 2. The number of methoxy groups -OCH3 is 1. The standard InChI is InChI=1S/C14H24N4O2/c1-13(2)11(6-14(13,3)20-5)17-12(19)15-7-10-8-16-18(4)9-10/h8-9,11H,6-7H2,1-5H3,(H2,15,17,19)/t11-,14+/m1/s1. The Hall–Kier alpha value is -1.56.